The summed E-state index contributed by atoms with van der Waals surface area (Å²) in [5.74, 6) is 1.05. The van der Waals surface area contributed by atoms with Crippen molar-refractivity contribution in [2.75, 3.05) is 13.1 Å². The van der Waals surface area contributed by atoms with Crippen molar-refractivity contribution in [1.82, 2.24) is 19.7 Å². The van der Waals surface area contributed by atoms with E-state index in [1.54, 1.807) is 18.2 Å². The van der Waals surface area contributed by atoms with Crippen molar-refractivity contribution in [3.63, 3.8) is 0 Å². The first-order chi connectivity index (χ1) is 18.1. The van der Waals surface area contributed by atoms with Crippen LogP contribution in [0.25, 0.3) is 27.4 Å². The average Bonchev–Trinajstić information content (AvgIpc) is 3.35. The molecule has 1 unspecified atom stereocenters. The van der Waals surface area contributed by atoms with Gasteiger partial charge in [0.1, 0.15) is 11.4 Å². The van der Waals surface area contributed by atoms with Crippen LogP contribution in [-0.4, -0.2) is 32.8 Å². The number of thioether (sulfide) groups is 1. The van der Waals surface area contributed by atoms with E-state index in [0.29, 0.717) is 16.5 Å². The van der Waals surface area contributed by atoms with Gasteiger partial charge < -0.3 is 4.42 Å². The Morgan fingerprint density at radius 3 is 2.59 bits per heavy atom. The van der Waals surface area contributed by atoms with Gasteiger partial charge in [-0.3, -0.25) is 9.47 Å². The molecule has 8 heteroatoms. The number of benzene rings is 3. The molecule has 2 aromatic heterocycles. The quantitative estimate of drug-likeness (QED) is 0.146. The highest BCUT2D eigenvalue weighted by Crippen LogP contribution is 2.34. The van der Waals surface area contributed by atoms with Gasteiger partial charge in [-0.25, -0.2) is 9.18 Å². The molecule has 0 N–H and O–H groups in total. The Bertz CT molecular complexity index is 1620. The summed E-state index contributed by atoms with van der Waals surface area (Å²) in [6.07, 6.45) is 3.60. The third-order valence-corrected chi connectivity index (χ3v) is 8.10. The van der Waals surface area contributed by atoms with E-state index in [9.17, 15) is 9.18 Å². The maximum atomic E-state index is 13.8. The lowest BCUT2D eigenvalue weighted by atomic mass is 10.0. The maximum absolute atomic E-state index is 13.8. The van der Waals surface area contributed by atoms with Crippen LogP contribution < -0.4 is 5.63 Å². The first-order valence-corrected chi connectivity index (χ1v) is 13.6. The van der Waals surface area contributed by atoms with Gasteiger partial charge >= 0.3 is 5.63 Å². The van der Waals surface area contributed by atoms with Gasteiger partial charge in [0.05, 0.1) is 6.04 Å². The largest absolute Gasteiger partial charge is 0.423 e. The first-order valence-electron chi connectivity index (χ1n) is 12.6. The number of fused-ring (bicyclic) bond motifs is 3. The summed E-state index contributed by atoms with van der Waals surface area (Å²) in [7, 11) is 0. The number of hydrogen-bond donors (Lipinski definition) is 0. The van der Waals surface area contributed by atoms with Gasteiger partial charge in [-0.05, 0) is 79.5 Å². The van der Waals surface area contributed by atoms with Gasteiger partial charge in [-0.15, -0.1) is 10.2 Å². The molecule has 3 heterocycles. The number of rotatable bonds is 6. The van der Waals surface area contributed by atoms with Crippen molar-refractivity contribution >= 4 is 33.5 Å². The maximum Gasteiger partial charge on any atom is 0.336 e. The third kappa shape index (κ3) is 4.67. The van der Waals surface area contributed by atoms with Crippen LogP contribution in [0.2, 0.25) is 0 Å². The molecule has 1 saturated heterocycles. The van der Waals surface area contributed by atoms with E-state index in [1.165, 1.54) is 43.2 Å². The molecule has 37 heavy (non-hydrogen) atoms. The Labute approximate surface area is 218 Å². The minimum absolute atomic E-state index is 0.0701. The van der Waals surface area contributed by atoms with E-state index < -0.39 is 0 Å². The van der Waals surface area contributed by atoms with Gasteiger partial charge in [-0.1, -0.05) is 48.5 Å². The van der Waals surface area contributed by atoms with Crippen molar-refractivity contribution in [2.24, 2.45) is 0 Å². The van der Waals surface area contributed by atoms with Gasteiger partial charge in [0.2, 0.25) is 0 Å². The fraction of sp³-hybridized carbons (Fsp3) is 0.276. The highest BCUT2D eigenvalue weighted by molar-refractivity contribution is 7.98. The molecule has 1 aliphatic heterocycles. The Balaban J connectivity index is 1.40. The topological polar surface area (TPSA) is 64.2 Å². The highest BCUT2D eigenvalue weighted by Gasteiger charge is 2.26. The number of hydrogen-bond acceptors (Lipinski definition) is 6. The van der Waals surface area contributed by atoms with Gasteiger partial charge in [0.15, 0.2) is 11.0 Å². The molecule has 1 aliphatic rings. The fourth-order valence-corrected chi connectivity index (χ4v) is 6.16. The zero-order chi connectivity index (χ0) is 25.4. The summed E-state index contributed by atoms with van der Waals surface area (Å²) in [6, 6.07) is 20.0. The predicted molar refractivity (Wildman–Crippen MR) is 145 cm³/mol. The molecule has 6 nitrogen and oxygen atoms in total. The van der Waals surface area contributed by atoms with Crippen LogP contribution in [-0.2, 0) is 5.75 Å². The van der Waals surface area contributed by atoms with E-state index in [0.717, 1.165) is 46.3 Å². The highest BCUT2D eigenvalue weighted by atomic mass is 32.2. The van der Waals surface area contributed by atoms with Gasteiger partial charge in [0.25, 0.3) is 0 Å². The van der Waals surface area contributed by atoms with E-state index in [-0.39, 0.29) is 17.5 Å². The summed E-state index contributed by atoms with van der Waals surface area (Å²) in [5, 5.41) is 12.9. The van der Waals surface area contributed by atoms with Crippen molar-refractivity contribution in [2.45, 2.75) is 43.1 Å². The van der Waals surface area contributed by atoms with Crippen molar-refractivity contribution in [3.05, 3.63) is 94.4 Å². The number of nitrogens with zero attached hydrogens (tertiary/aromatic N) is 4. The van der Waals surface area contributed by atoms with Crippen LogP contribution in [0.15, 0.2) is 81.1 Å². The molecular formula is C29H27FN4O2S. The Kier molecular flexibility index (Phi) is 6.52. The summed E-state index contributed by atoms with van der Waals surface area (Å²) in [4.78, 5) is 14.8. The summed E-state index contributed by atoms with van der Waals surface area (Å²) in [5.41, 5.74) is 1.89. The van der Waals surface area contributed by atoms with Gasteiger partial charge in [-0.2, -0.15) is 0 Å². The molecule has 0 saturated carbocycles. The zero-order valence-electron chi connectivity index (χ0n) is 20.6. The molecule has 3 aromatic carbocycles. The molecular weight excluding hydrogens is 487 g/mol. The number of halogens is 1. The van der Waals surface area contributed by atoms with Crippen molar-refractivity contribution in [3.8, 4) is 5.69 Å². The van der Waals surface area contributed by atoms with Crippen LogP contribution in [0.5, 0.6) is 0 Å². The second kappa shape index (κ2) is 10.1. The van der Waals surface area contributed by atoms with E-state index in [1.807, 2.05) is 34.9 Å². The van der Waals surface area contributed by atoms with E-state index >= 15 is 0 Å². The van der Waals surface area contributed by atoms with Crippen LogP contribution >= 0.6 is 11.8 Å². The normalized spacial score (nSPS) is 15.4. The number of piperidine rings is 1. The van der Waals surface area contributed by atoms with Crippen LogP contribution in [0, 0.1) is 5.82 Å². The minimum atomic E-state index is -0.377. The molecule has 5 aromatic rings. The molecule has 6 rings (SSSR count). The molecule has 0 bridgehead atoms. The Morgan fingerprint density at radius 1 is 1.00 bits per heavy atom. The second-order valence-corrected chi connectivity index (χ2v) is 10.4. The lowest BCUT2D eigenvalue weighted by Crippen LogP contribution is -2.33. The SMILES string of the molecule is CC(c1nnc(SCc2cc(=O)oc3ccc4ccccc4c23)n1-c1ccc(F)cc1)N1CCCCC1. The standard InChI is InChI=1S/C29H27FN4O2S/c1-19(33-15-5-2-6-16-33)28-31-32-29(34(28)23-12-10-22(30)11-13-23)37-18-21-17-26(35)36-25-14-9-20-7-3-4-8-24(20)27(21)25/h3-4,7-14,17,19H,2,5-6,15-16,18H2,1H3. The third-order valence-electron chi connectivity index (χ3n) is 7.13. The average molecular weight is 515 g/mol. The molecule has 0 aliphatic carbocycles. The second-order valence-electron chi connectivity index (χ2n) is 9.46. The molecule has 1 fully saturated rings. The van der Waals surface area contributed by atoms with Crippen LogP contribution in [0.4, 0.5) is 4.39 Å². The lowest BCUT2D eigenvalue weighted by molar-refractivity contribution is 0.167. The smallest absolute Gasteiger partial charge is 0.336 e. The molecule has 188 valence electrons. The molecule has 0 spiro atoms. The van der Waals surface area contributed by atoms with Crippen molar-refractivity contribution < 1.29 is 8.81 Å². The molecule has 0 radical (unpaired) electrons. The summed E-state index contributed by atoms with van der Waals surface area (Å²) in [6.45, 7) is 4.21. The van der Waals surface area contributed by atoms with Gasteiger partial charge in [0, 0.05) is 22.9 Å². The zero-order valence-corrected chi connectivity index (χ0v) is 21.4. The first kappa shape index (κ1) is 23.9. The Morgan fingerprint density at radius 2 is 1.78 bits per heavy atom. The number of likely N-dealkylation sites (tertiary alicyclic amines) is 1. The molecule has 0 amide bonds. The van der Waals surface area contributed by atoms with E-state index in [4.69, 9.17) is 4.42 Å². The van der Waals surface area contributed by atoms with Crippen molar-refractivity contribution in [1.29, 1.82) is 0 Å². The monoisotopic (exact) mass is 514 g/mol. The predicted octanol–water partition coefficient (Wildman–Crippen LogP) is 6.51. The Hall–Kier alpha value is -3.49. The minimum Gasteiger partial charge on any atom is -0.423 e. The number of aromatic nitrogens is 3. The fourth-order valence-electron chi connectivity index (χ4n) is 5.22. The van der Waals surface area contributed by atoms with E-state index in [2.05, 4.69) is 28.1 Å². The lowest BCUT2D eigenvalue weighted by Gasteiger charge is -2.31. The molecule has 1 atom stereocenters. The summed E-state index contributed by atoms with van der Waals surface area (Å²) < 4.78 is 21.3. The summed E-state index contributed by atoms with van der Waals surface area (Å²) >= 11 is 1.51. The van der Waals surface area contributed by atoms with Crippen LogP contribution in [0.3, 0.4) is 0 Å². The van der Waals surface area contributed by atoms with Crippen LogP contribution in [0.1, 0.15) is 43.6 Å².